The van der Waals surface area contributed by atoms with E-state index in [0.717, 1.165) is 48.6 Å². The third-order valence-corrected chi connectivity index (χ3v) is 4.42. The van der Waals surface area contributed by atoms with Crippen LogP contribution in [0.3, 0.4) is 0 Å². The van der Waals surface area contributed by atoms with Gasteiger partial charge < -0.3 is 15.5 Å². The van der Waals surface area contributed by atoms with Crippen molar-refractivity contribution in [2.75, 3.05) is 36.9 Å². The zero-order valence-electron chi connectivity index (χ0n) is 14.6. The lowest BCUT2D eigenvalue weighted by Gasteiger charge is -2.32. The second-order valence-electron chi connectivity index (χ2n) is 6.31. The summed E-state index contributed by atoms with van der Waals surface area (Å²) in [5.41, 5.74) is 2.98. The lowest BCUT2D eigenvalue weighted by Crippen LogP contribution is -2.49. The Hall–Kier alpha value is -2.21. The third kappa shape index (κ3) is 3.19. The molecule has 3 rings (SSSR count). The Balaban J connectivity index is 2.04. The summed E-state index contributed by atoms with van der Waals surface area (Å²) in [5, 5.41) is 6.60. The van der Waals surface area contributed by atoms with E-state index < -0.39 is 0 Å². The molecule has 2 aromatic rings. The van der Waals surface area contributed by atoms with Crippen LogP contribution >= 0.6 is 0 Å². The van der Waals surface area contributed by atoms with Crippen molar-refractivity contribution in [3.63, 3.8) is 0 Å². The van der Waals surface area contributed by atoms with E-state index >= 15 is 0 Å². The molecule has 0 amide bonds. The molecule has 2 aromatic heterocycles. The average Bonchev–Trinajstić information content (AvgIpc) is 2.60. The van der Waals surface area contributed by atoms with Crippen LogP contribution < -0.4 is 15.5 Å². The number of hydrogen-bond acceptors (Lipinski definition) is 6. The number of carbonyl (C=O) groups excluding carboxylic acids is 1. The molecule has 0 bridgehead atoms. The molecule has 128 valence electrons. The van der Waals surface area contributed by atoms with Crippen molar-refractivity contribution >= 4 is 28.3 Å². The highest BCUT2D eigenvalue weighted by Gasteiger charge is 2.19. The van der Waals surface area contributed by atoms with Gasteiger partial charge in [0.05, 0.1) is 16.8 Å². The first-order chi connectivity index (χ1) is 11.6. The zero-order valence-corrected chi connectivity index (χ0v) is 14.6. The van der Waals surface area contributed by atoms with E-state index in [4.69, 9.17) is 4.98 Å². The molecule has 1 saturated heterocycles. The summed E-state index contributed by atoms with van der Waals surface area (Å²) in [6.45, 7) is 6.99. The molecule has 0 radical (unpaired) electrons. The van der Waals surface area contributed by atoms with Crippen LogP contribution in [0.4, 0.5) is 11.5 Å². The molecule has 0 aliphatic carbocycles. The average molecular weight is 327 g/mol. The number of nitrogens with zero attached hydrogens (tertiary/aromatic N) is 3. The van der Waals surface area contributed by atoms with Crippen LogP contribution in [0.25, 0.3) is 11.0 Å². The fraction of sp³-hybridized carbons (Fsp3) is 0.500. The molecule has 1 atom stereocenters. The van der Waals surface area contributed by atoms with E-state index in [2.05, 4.69) is 27.4 Å². The van der Waals surface area contributed by atoms with Crippen LogP contribution in [0.5, 0.6) is 0 Å². The second kappa shape index (κ2) is 7.13. The molecule has 1 aliphatic heterocycles. The normalized spacial score (nSPS) is 18.0. The highest BCUT2D eigenvalue weighted by molar-refractivity contribution is 6.07. The zero-order chi connectivity index (χ0) is 17.1. The van der Waals surface area contributed by atoms with E-state index in [0.29, 0.717) is 18.0 Å². The first-order valence-electron chi connectivity index (χ1n) is 8.63. The van der Waals surface area contributed by atoms with Crippen molar-refractivity contribution in [3.05, 3.63) is 23.9 Å². The SMILES string of the molecule is CCCC(=O)c1cnc2ccc(N3CCNC(C)C3)nc2c1NC. The van der Waals surface area contributed by atoms with Gasteiger partial charge in [0.1, 0.15) is 11.3 Å². The van der Waals surface area contributed by atoms with Gasteiger partial charge in [-0.25, -0.2) is 4.98 Å². The van der Waals surface area contributed by atoms with Gasteiger partial charge in [-0.15, -0.1) is 0 Å². The minimum absolute atomic E-state index is 0.110. The molecule has 0 saturated carbocycles. The van der Waals surface area contributed by atoms with Crippen molar-refractivity contribution < 1.29 is 4.79 Å². The maximum Gasteiger partial charge on any atom is 0.166 e. The standard InChI is InChI=1S/C18H25N5O/c1-4-5-15(24)13-10-21-14-6-7-16(22-18(14)17(13)19-3)23-9-8-20-12(2)11-23/h6-7,10,12,20H,4-5,8-9,11H2,1-3H3,(H,19,21). The lowest BCUT2D eigenvalue weighted by molar-refractivity contribution is 0.0982. The topological polar surface area (TPSA) is 70.2 Å². The Morgan fingerprint density at radius 3 is 3.00 bits per heavy atom. The van der Waals surface area contributed by atoms with Gasteiger partial charge in [0.2, 0.25) is 0 Å². The van der Waals surface area contributed by atoms with Crippen molar-refractivity contribution in [2.45, 2.75) is 32.7 Å². The molecule has 1 unspecified atom stereocenters. The highest BCUT2D eigenvalue weighted by Crippen LogP contribution is 2.27. The summed E-state index contributed by atoms with van der Waals surface area (Å²) in [4.78, 5) is 23.9. The minimum atomic E-state index is 0.110. The molecule has 3 heterocycles. The molecule has 0 spiro atoms. The number of pyridine rings is 2. The fourth-order valence-electron chi connectivity index (χ4n) is 3.20. The first kappa shape index (κ1) is 16.6. The summed E-state index contributed by atoms with van der Waals surface area (Å²) in [6, 6.07) is 4.44. The largest absolute Gasteiger partial charge is 0.386 e. The van der Waals surface area contributed by atoms with Crippen molar-refractivity contribution in [1.29, 1.82) is 0 Å². The molecule has 24 heavy (non-hydrogen) atoms. The molecule has 0 aromatic carbocycles. The van der Waals surface area contributed by atoms with Crippen LogP contribution in [-0.4, -0.2) is 48.5 Å². The molecule has 1 aliphatic rings. The van der Waals surface area contributed by atoms with Gasteiger partial charge in [-0.3, -0.25) is 9.78 Å². The number of aromatic nitrogens is 2. The highest BCUT2D eigenvalue weighted by atomic mass is 16.1. The van der Waals surface area contributed by atoms with E-state index in [1.54, 1.807) is 6.20 Å². The summed E-state index contributed by atoms with van der Waals surface area (Å²) in [6.07, 6.45) is 3.02. The van der Waals surface area contributed by atoms with Crippen molar-refractivity contribution in [2.24, 2.45) is 0 Å². The smallest absolute Gasteiger partial charge is 0.166 e. The van der Waals surface area contributed by atoms with Crippen LogP contribution in [0.2, 0.25) is 0 Å². The predicted octanol–water partition coefficient (Wildman–Crippen LogP) is 2.45. The van der Waals surface area contributed by atoms with Gasteiger partial charge in [-0.05, 0) is 25.5 Å². The van der Waals surface area contributed by atoms with Gasteiger partial charge in [-0.1, -0.05) is 6.92 Å². The van der Waals surface area contributed by atoms with E-state index in [1.807, 2.05) is 26.1 Å². The van der Waals surface area contributed by atoms with Gasteiger partial charge >= 0.3 is 0 Å². The number of piperazine rings is 1. The minimum Gasteiger partial charge on any atom is -0.386 e. The first-order valence-corrected chi connectivity index (χ1v) is 8.63. The molecule has 6 heteroatoms. The molecular formula is C18H25N5O. The Kier molecular flexibility index (Phi) is 4.94. The summed E-state index contributed by atoms with van der Waals surface area (Å²) < 4.78 is 0. The second-order valence-corrected chi connectivity index (χ2v) is 6.31. The maximum atomic E-state index is 12.4. The summed E-state index contributed by atoms with van der Waals surface area (Å²) in [7, 11) is 1.83. The molecule has 6 nitrogen and oxygen atoms in total. The van der Waals surface area contributed by atoms with Crippen LogP contribution in [0.15, 0.2) is 18.3 Å². The lowest BCUT2D eigenvalue weighted by atomic mass is 10.1. The monoisotopic (exact) mass is 327 g/mol. The molecule has 2 N–H and O–H groups in total. The summed E-state index contributed by atoms with van der Waals surface area (Å²) >= 11 is 0. The van der Waals surface area contributed by atoms with E-state index in [-0.39, 0.29) is 5.78 Å². The number of nitrogens with one attached hydrogen (secondary N) is 2. The van der Waals surface area contributed by atoms with E-state index in [9.17, 15) is 4.79 Å². The van der Waals surface area contributed by atoms with Gasteiger partial charge in [-0.2, -0.15) is 0 Å². The molecular weight excluding hydrogens is 302 g/mol. The third-order valence-electron chi connectivity index (χ3n) is 4.42. The Labute approximate surface area is 142 Å². The van der Waals surface area contributed by atoms with Crippen molar-refractivity contribution in [3.8, 4) is 0 Å². The van der Waals surface area contributed by atoms with Crippen LogP contribution in [-0.2, 0) is 0 Å². The van der Waals surface area contributed by atoms with E-state index in [1.165, 1.54) is 0 Å². The van der Waals surface area contributed by atoms with Crippen LogP contribution in [0, 0.1) is 0 Å². The number of anilines is 2. The predicted molar refractivity (Wildman–Crippen MR) is 98.0 cm³/mol. The number of rotatable bonds is 5. The molecule has 1 fully saturated rings. The van der Waals surface area contributed by atoms with Gasteiger partial charge in [0.15, 0.2) is 5.78 Å². The Morgan fingerprint density at radius 1 is 1.46 bits per heavy atom. The van der Waals surface area contributed by atoms with Crippen molar-refractivity contribution in [1.82, 2.24) is 15.3 Å². The fourth-order valence-corrected chi connectivity index (χ4v) is 3.20. The Morgan fingerprint density at radius 2 is 2.29 bits per heavy atom. The van der Waals surface area contributed by atoms with Crippen LogP contribution in [0.1, 0.15) is 37.0 Å². The quantitative estimate of drug-likeness (QED) is 0.822. The number of ketones is 1. The maximum absolute atomic E-state index is 12.4. The number of carbonyl (C=O) groups is 1. The van der Waals surface area contributed by atoms with Gasteiger partial charge in [0, 0.05) is 45.3 Å². The number of fused-ring (bicyclic) bond motifs is 1. The van der Waals surface area contributed by atoms with Gasteiger partial charge in [0.25, 0.3) is 0 Å². The Bertz CT molecular complexity index is 746. The number of hydrogen-bond donors (Lipinski definition) is 2. The summed E-state index contributed by atoms with van der Waals surface area (Å²) in [5.74, 6) is 1.05. The number of Topliss-reactive ketones (excluding diaryl/α,β-unsaturated/α-hetero) is 1.